The zero-order valence-corrected chi connectivity index (χ0v) is 16.3. The number of nitrogens with one attached hydrogen (secondary N) is 1. The maximum atomic E-state index is 12.4. The number of ether oxygens (including phenoxy) is 1. The van der Waals surface area contributed by atoms with Gasteiger partial charge >= 0.3 is 0 Å². The number of benzene rings is 1. The van der Waals surface area contributed by atoms with Gasteiger partial charge in [-0.3, -0.25) is 14.5 Å². The highest BCUT2D eigenvalue weighted by Crippen LogP contribution is 2.23. The van der Waals surface area contributed by atoms with Crippen molar-refractivity contribution in [2.24, 2.45) is 0 Å². The number of fused-ring (bicyclic) bond motifs is 1. The summed E-state index contributed by atoms with van der Waals surface area (Å²) in [5.74, 6) is 0.876. The first-order chi connectivity index (χ1) is 14.1. The molecule has 0 unspecified atom stereocenters. The molecule has 0 bridgehead atoms. The van der Waals surface area contributed by atoms with Crippen molar-refractivity contribution in [2.75, 3.05) is 11.9 Å². The van der Waals surface area contributed by atoms with Crippen LogP contribution in [0.2, 0.25) is 0 Å². The molecule has 0 radical (unpaired) electrons. The quantitative estimate of drug-likeness (QED) is 0.546. The van der Waals surface area contributed by atoms with Crippen LogP contribution < -0.4 is 10.1 Å². The fraction of sp³-hybridized carbons (Fsp3) is 0.182. The van der Waals surface area contributed by atoms with Crippen molar-refractivity contribution in [1.82, 2.24) is 19.4 Å². The van der Waals surface area contributed by atoms with Gasteiger partial charge in [-0.1, -0.05) is 18.2 Å². The summed E-state index contributed by atoms with van der Waals surface area (Å²) in [6, 6.07) is 15.1. The lowest BCUT2D eigenvalue weighted by Crippen LogP contribution is -2.16. The van der Waals surface area contributed by atoms with Crippen LogP contribution in [-0.4, -0.2) is 31.9 Å². The number of hydrogen-bond donors (Lipinski definition) is 1. The minimum absolute atomic E-state index is 0.179. The number of amides is 1. The number of carbonyl (C=O) groups excluding carboxylic acids is 1. The van der Waals surface area contributed by atoms with Gasteiger partial charge in [-0.05, 0) is 49.7 Å². The van der Waals surface area contributed by atoms with Gasteiger partial charge in [-0.2, -0.15) is 0 Å². The third-order valence-corrected chi connectivity index (χ3v) is 4.45. The van der Waals surface area contributed by atoms with E-state index in [-0.39, 0.29) is 18.3 Å². The molecule has 7 nitrogen and oxygen atoms in total. The van der Waals surface area contributed by atoms with E-state index in [0.717, 1.165) is 28.3 Å². The number of rotatable bonds is 6. The van der Waals surface area contributed by atoms with Crippen LogP contribution in [0.4, 0.5) is 5.95 Å². The highest BCUT2D eigenvalue weighted by molar-refractivity contribution is 5.90. The van der Waals surface area contributed by atoms with Crippen LogP contribution >= 0.6 is 0 Å². The van der Waals surface area contributed by atoms with Crippen molar-refractivity contribution in [3.05, 3.63) is 72.2 Å². The Morgan fingerprint density at radius 1 is 1.10 bits per heavy atom. The largest absolute Gasteiger partial charge is 0.494 e. The second kappa shape index (κ2) is 8.10. The van der Waals surface area contributed by atoms with Crippen LogP contribution in [-0.2, 0) is 11.2 Å². The zero-order valence-electron chi connectivity index (χ0n) is 16.3. The van der Waals surface area contributed by atoms with Crippen LogP contribution in [0.1, 0.15) is 18.2 Å². The standard InChI is InChI=1S/C22H21N5O2/c1-3-29-17-9-7-16(8-10-17)14-20(28)26-22-23-12-11-18(25-22)21-15(2)24-19-6-4-5-13-27(19)21/h4-13H,3,14H2,1-2H3,(H,23,25,26,28). The van der Waals surface area contributed by atoms with Gasteiger partial charge in [0, 0.05) is 12.4 Å². The number of aromatic nitrogens is 4. The molecule has 0 aliphatic carbocycles. The maximum Gasteiger partial charge on any atom is 0.231 e. The van der Waals surface area contributed by atoms with E-state index < -0.39 is 0 Å². The Labute approximate surface area is 168 Å². The molecule has 7 heteroatoms. The minimum atomic E-state index is -0.179. The third kappa shape index (κ3) is 4.08. The summed E-state index contributed by atoms with van der Waals surface area (Å²) in [5.41, 5.74) is 4.18. The molecule has 29 heavy (non-hydrogen) atoms. The van der Waals surface area contributed by atoms with Crippen LogP contribution in [0.25, 0.3) is 17.0 Å². The van der Waals surface area contributed by atoms with Crippen molar-refractivity contribution in [3.8, 4) is 17.1 Å². The predicted octanol–water partition coefficient (Wildman–Crippen LogP) is 3.68. The summed E-state index contributed by atoms with van der Waals surface area (Å²) in [7, 11) is 0. The normalized spacial score (nSPS) is 10.8. The predicted molar refractivity (Wildman–Crippen MR) is 111 cm³/mol. The van der Waals surface area contributed by atoms with Crippen molar-refractivity contribution in [1.29, 1.82) is 0 Å². The molecule has 4 rings (SSSR count). The molecule has 1 amide bonds. The van der Waals surface area contributed by atoms with Crippen molar-refractivity contribution in [2.45, 2.75) is 20.3 Å². The van der Waals surface area contributed by atoms with Gasteiger partial charge in [0.2, 0.25) is 11.9 Å². The minimum Gasteiger partial charge on any atom is -0.494 e. The molecule has 4 aromatic rings. The molecular weight excluding hydrogens is 366 g/mol. The summed E-state index contributed by atoms with van der Waals surface area (Å²) in [6.45, 7) is 4.48. The molecule has 0 aliphatic rings. The average Bonchev–Trinajstić information content (AvgIpc) is 3.05. The molecule has 0 saturated carbocycles. The van der Waals surface area contributed by atoms with Crippen LogP contribution in [0, 0.1) is 6.92 Å². The average molecular weight is 387 g/mol. The summed E-state index contributed by atoms with van der Waals surface area (Å²) in [4.78, 5) is 25.7. The Bertz CT molecular complexity index is 1150. The fourth-order valence-electron chi connectivity index (χ4n) is 3.20. The monoisotopic (exact) mass is 387 g/mol. The highest BCUT2D eigenvalue weighted by atomic mass is 16.5. The molecule has 0 saturated heterocycles. The Kier molecular flexibility index (Phi) is 5.20. The molecule has 1 N–H and O–H groups in total. The lowest BCUT2D eigenvalue weighted by Gasteiger charge is -2.07. The van der Waals surface area contributed by atoms with E-state index in [9.17, 15) is 4.79 Å². The molecule has 146 valence electrons. The topological polar surface area (TPSA) is 81.4 Å². The molecule has 3 aromatic heterocycles. The number of aryl methyl sites for hydroxylation is 1. The van der Waals surface area contributed by atoms with E-state index in [2.05, 4.69) is 20.3 Å². The van der Waals surface area contributed by atoms with E-state index in [1.54, 1.807) is 6.20 Å². The van der Waals surface area contributed by atoms with Crippen LogP contribution in [0.3, 0.4) is 0 Å². The van der Waals surface area contributed by atoms with Crippen LogP contribution in [0.5, 0.6) is 5.75 Å². The van der Waals surface area contributed by atoms with Gasteiger partial charge in [0.1, 0.15) is 11.4 Å². The molecule has 3 heterocycles. The smallest absolute Gasteiger partial charge is 0.231 e. The Morgan fingerprint density at radius 3 is 2.72 bits per heavy atom. The van der Waals surface area contributed by atoms with E-state index in [4.69, 9.17) is 4.74 Å². The molecule has 0 aliphatic heterocycles. The first-order valence-electron chi connectivity index (χ1n) is 9.42. The lowest BCUT2D eigenvalue weighted by molar-refractivity contribution is -0.115. The van der Waals surface area contributed by atoms with Crippen LogP contribution in [0.15, 0.2) is 60.9 Å². The molecule has 0 spiro atoms. The number of pyridine rings is 1. The fourth-order valence-corrected chi connectivity index (χ4v) is 3.20. The van der Waals surface area contributed by atoms with Crippen molar-refractivity contribution in [3.63, 3.8) is 0 Å². The highest BCUT2D eigenvalue weighted by Gasteiger charge is 2.13. The third-order valence-electron chi connectivity index (χ3n) is 4.45. The number of anilines is 1. The van der Waals surface area contributed by atoms with E-state index in [0.29, 0.717) is 12.3 Å². The van der Waals surface area contributed by atoms with Gasteiger partial charge in [0.15, 0.2) is 0 Å². The molecular formula is C22H21N5O2. The van der Waals surface area contributed by atoms with E-state index in [1.807, 2.05) is 73.0 Å². The van der Waals surface area contributed by atoms with Gasteiger partial charge in [0.25, 0.3) is 0 Å². The van der Waals surface area contributed by atoms with Crippen molar-refractivity contribution < 1.29 is 9.53 Å². The van der Waals surface area contributed by atoms with E-state index in [1.165, 1.54) is 0 Å². The SMILES string of the molecule is CCOc1ccc(CC(=O)Nc2nccc(-c3c(C)nc4ccccn34)n2)cc1. The van der Waals surface area contributed by atoms with Gasteiger partial charge in [-0.25, -0.2) is 15.0 Å². The Hall–Kier alpha value is -3.74. The number of imidazole rings is 1. The second-order valence-electron chi connectivity index (χ2n) is 6.54. The van der Waals surface area contributed by atoms with Gasteiger partial charge in [-0.15, -0.1) is 0 Å². The number of nitrogens with zero attached hydrogens (tertiary/aromatic N) is 4. The first-order valence-corrected chi connectivity index (χ1v) is 9.42. The number of carbonyl (C=O) groups is 1. The summed E-state index contributed by atoms with van der Waals surface area (Å²) in [5, 5.41) is 2.78. The van der Waals surface area contributed by atoms with Gasteiger partial charge in [0.05, 0.1) is 30.1 Å². The summed E-state index contributed by atoms with van der Waals surface area (Å²) >= 11 is 0. The van der Waals surface area contributed by atoms with Crippen molar-refractivity contribution >= 4 is 17.5 Å². The second-order valence-corrected chi connectivity index (χ2v) is 6.54. The first kappa shape index (κ1) is 18.6. The Balaban J connectivity index is 1.51. The number of hydrogen-bond acceptors (Lipinski definition) is 5. The maximum absolute atomic E-state index is 12.4. The molecule has 0 atom stereocenters. The van der Waals surface area contributed by atoms with E-state index >= 15 is 0 Å². The van der Waals surface area contributed by atoms with Gasteiger partial charge < -0.3 is 4.74 Å². The lowest BCUT2D eigenvalue weighted by atomic mass is 10.1. The Morgan fingerprint density at radius 2 is 1.93 bits per heavy atom. The summed E-state index contributed by atoms with van der Waals surface area (Å²) < 4.78 is 7.40. The summed E-state index contributed by atoms with van der Waals surface area (Å²) in [6.07, 6.45) is 3.81. The zero-order chi connectivity index (χ0) is 20.2. The molecule has 0 fully saturated rings. The molecule has 1 aromatic carbocycles.